The molecule has 2 aliphatic rings. The summed E-state index contributed by atoms with van der Waals surface area (Å²) in [5.74, 6) is 2.18. The number of sulfone groups is 1. The SMILES string of the molecule is CCN1/C(=C/C=C2\CCC(/C=C/c3oc4c5ccccc5ccc4[n+]3CC)=C2S(=O)(=O)c2ccccc2)Oc2c1ccc1ccccc21. The molecule has 0 saturated heterocycles. The lowest BCUT2D eigenvalue weighted by Gasteiger charge is -2.15. The highest BCUT2D eigenvalue weighted by Crippen LogP contribution is 2.45. The molecule has 6 aromatic rings. The van der Waals surface area contributed by atoms with E-state index in [4.69, 9.17) is 9.15 Å². The van der Waals surface area contributed by atoms with Gasteiger partial charge in [0, 0.05) is 23.4 Å². The summed E-state index contributed by atoms with van der Waals surface area (Å²) in [6, 6.07) is 33.4. The molecule has 0 saturated carbocycles. The summed E-state index contributed by atoms with van der Waals surface area (Å²) in [6.07, 6.45) is 8.84. The van der Waals surface area contributed by atoms with Crippen molar-refractivity contribution in [3.8, 4) is 5.75 Å². The van der Waals surface area contributed by atoms with Gasteiger partial charge in [-0.05, 0) is 85.0 Å². The molecule has 0 spiro atoms. The maximum Gasteiger partial charge on any atom is 0.374 e. The van der Waals surface area contributed by atoms with Gasteiger partial charge in [-0.25, -0.2) is 8.42 Å². The molecule has 1 aliphatic heterocycles. The van der Waals surface area contributed by atoms with E-state index in [0.29, 0.717) is 42.6 Å². The van der Waals surface area contributed by atoms with Crippen LogP contribution in [0.15, 0.2) is 153 Å². The van der Waals surface area contributed by atoms with Crippen molar-refractivity contribution in [1.82, 2.24) is 0 Å². The molecule has 2 heterocycles. The average Bonchev–Trinajstić information content (AvgIpc) is 3.83. The third-order valence-corrected chi connectivity index (χ3v) is 11.3. The Labute approximate surface area is 280 Å². The van der Waals surface area contributed by atoms with Gasteiger partial charge in [0.15, 0.2) is 5.75 Å². The van der Waals surface area contributed by atoms with Gasteiger partial charge < -0.3 is 14.1 Å². The quantitative estimate of drug-likeness (QED) is 0.161. The molecule has 48 heavy (non-hydrogen) atoms. The van der Waals surface area contributed by atoms with Crippen LogP contribution in [-0.4, -0.2) is 15.0 Å². The van der Waals surface area contributed by atoms with Gasteiger partial charge in [-0.2, -0.15) is 4.57 Å². The summed E-state index contributed by atoms with van der Waals surface area (Å²) in [7, 11) is -3.82. The number of aryl methyl sites for hydroxylation is 1. The number of fused-ring (bicyclic) bond motifs is 6. The monoisotopic (exact) mass is 651 g/mol. The van der Waals surface area contributed by atoms with Crippen LogP contribution in [0.25, 0.3) is 38.7 Å². The lowest BCUT2D eigenvalue weighted by Crippen LogP contribution is -2.33. The number of ether oxygens (including phenoxy) is 1. The summed E-state index contributed by atoms with van der Waals surface area (Å²) in [4.78, 5) is 2.74. The zero-order valence-corrected chi connectivity index (χ0v) is 27.7. The number of oxazole rings is 1. The zero-order chi connectivity index (χ0) is 32.8. The number of benzene rings is 5. The van der Waals surface area contributed by atoms with E-state index in [2.05, 4.69) is 71.8 Å². The Morgan fingerprint density at radius 2 is 1.48 bits per heavy atom. The molecule has 6 nitrogen and oxygen atoms in total. The maximum absolute atomic E-state index is 14.3. The lowest BCUT2D eigenvalue weighted by molar-refractivity contribution is -0.674. The minimum atomic E-state index is -3.82. The minimum Gasteiger partial charge on any atom is -0.438 e. The van der Waals surface area contributed by atoms with Crippen LogP contribution >= 0.6 is 0 Å². The second kappa shape index (κ2) is 12.0. The Kier molecular flexibility index (Phi) is 7.49. The van der Waals surface area contributed by atoms with Gasteiger partial charge >= 0.3 is 5.89 Å². The number of nitrogens with zero attached hydrogens (tertiary/aromatic N) is 2. The number of anilines is 1. The van der Waals surface area contributed by atoms with Crippen LogP contribution in [-0.2, 0) is 16.4 Å². The Bertz CT molecular complexity index is 2470. The molecule has 0 unspecified atom stereocenters. The molecule has 0 atom stereocenters. The highest BCUT2D eigenvalue weighted by molar-refractivity contribution is 7.95. The van der Waals surface area contributed by atoms with Crippen molar-refractivity contribution in [2.24, 2.45) is 0 Å². The van der Waals surface area contributed by atoms with Gasteiger partial charge in [-0.1, -0.05) is 78.9 Å². The molecule has 0 bridgehead atoms. The molecular weight excluding hydrogens is 617 g/mol. The summed E-state index contributed by atoms with van der Waals surface area (Å²) in [5.41, 5.74) is 4.35. The van der Waals surface area contributed by atoms with Gasteiger partial charge in [0.05, 0.1) is 21.6 Å². The maximum atomic E-state index is 14.3. The second-order valence-electron chi connectivity index (χ2n) is 12.0. The van der Waals surface area contributed by atoms with Crippen LogP contribution in [0.2, 0.25) is 0 Å². The summed E-state index contributed by atoms with van der Waals surface area (Å²) in [5, 5.41) is 4.32. The lowest BCUT2D eigenvalue weighted by atomic mass is 10.1. The minimum absolute atomic E-state index is 0.274. The molecule has 0 amide bonds. The van der Waals surface area contributed by atoms with E-state index in [9.17, 15) is 8.42 Å². The van der Waals surface area contributed by atoms with Crippen molar-refractivity contribution in [3.63, 3.8) is 0 Å². The fraction of sp³-hybridized carbons (Fsp3) is 0.146. The predicted octanol–water partition coefficient (Wildman–Crippen LogP) is 9.27. The molecule has 1 aromatic heterocycles. The number of allylic oxidation sites excluding steroid dienone is 5. The zero-order valence-electron chi connectivity index (χ0n) is 26.9. The fourth-order valence-corrected chi connectivity index (χ4v) is 8.77. The molecule has 238 valence electrons. The second-order valence-corrected chi connectivity index (χ2v) is 13.9. The highest BCUT2D eigenvalue weighted by atomic mass is 32.2. The largest absolute Gasteiger partial charge is 0.438 e. The van der Waals surface area contributed by atoms with Gasteiger partial charge in [0.2, 0.25) is 21.3 Å². The van der Waals surface area contributed by atoms with E-state index in [-0.39, 0.29) is 4.90 Å². The molecule has 0 radical (unpaired) electrons. The Hall–Kier alpha value is -5.40. The normalized spacial score (nSPS) is 16.8. The van der Waals surface area contributed by atoms with Gasteiger partial charge in [0.25, 0.3) is 5.52 Å². The van der Waals surface area contributed by atoms with Crippen molar-refractivity contribution < 1.29 is 22.1 Å². The Morgan fingerprint density at radius 3 is 2.25 bits per heavy atom. The van der Waals surface area contributed by atoms with Crippen LogP contribution in [0.3, 0.4) is 0 Å². The molecule has 1 aliphatic carbocycles. The number of hydrogen-bond donors (Lipinski definition) is 0. The van der Waals surface area contributed by atoms with E-state index in [1.165, 1.54) is 0 Å². The van der Waals surface area contributed by atoms with Crippen molar-refractivity contribution >= 4 is 54.2 Å². The molecule has 0 fully saturated rings. The molecular formula is C41H35N2O4S+. The van der Waals surface area contributed by atoms with Crippen molar-refractivity contribution in [2.75, 3.05) is 11.4 Å². The van der Waals surface area contributed by atoms with Crippen molar-refractivity contribution in [3.05, 3.63) is 149 Å². The third kappa shape index (κ3) is 4.93. The first-order chi connectivity index (χ1) is 23.5. The molecule has 8 rings (SSSR count). The Morgan fingerprint density at radius 1 is 0.771 bits per heavy atom. The topological polar surface area (TPSA) is 63.6 Å². The molecule has 5 aromatic carbocycles. The predicted molar refractivity (Wildman–Crippen MR) is 192 cm³/mol. The first kappa shape index (κ1) is 30.0. The van der Waals surface area contributed by atoms with E-state index < -0.39 is 9.84 Å². The van der Waals surface area contributed by atoms with Gasteiger partial charge in [-0.3, -0.25) is 0 Å². The summed E-state index contributed by atoms with van der Waals surface area (Å²) < 4.78 is 43.6. The first-order valence-corrected chi connectivity index (χ1v) is 17.9. The molecule has 7 heteroatoms. The number of hydrogen-bond acceptors (Lipinski definition) is 5. The summed E-state index contributed by atoms with van der Waals surface area (Å²) in [6.45, 7) is 5.59. The molecule has 0 N–H and O–H groups in total. The van der Waals surface area contributed by atoms with E-state index in [0.717, 1.165) is 55.2 Å². The summed E-state index contributed by atoms with van der Waals surface area (Å²) >= 11 is 0. The average molecular weight is 652 g/mol. The van der Waals surface area contributed by atoms with Crippen molar-refractivity contribution in [1.29, 1.82) is 0 Å². The first-order valence-electron chi connectivity index (χ1n) is 16.4. The number of rotatable bonds is 7. The van der Waals surface area contributed by atoms with Crippen LogP contribution < -0.4 is 14.2 Å². The third-order valence-electron chi connectivity index (χ3n) is 9.30. The standard InChI is InChI=1S/C41H35N2O4S/c1-3-42-35-24-20-28-12-8-10-16-33(28)39(35)46-37(42)26-22-30-18-19-31(41(30)48(44,45)32-14-6-5-7-15-32)23-27-38-43(4-2)36-25-21-29-13-9-11-17-34(29)40(36)47-38/h5-17,20-27H,3-4,18-19H2,1-2H3/q+1. The fourth-order valence-electron chi connectivity index (χ4n) is 6.99. The van der Waals surface area contributed by atoms with Crippen molar-refractivity contribution in [2.45, 2.75) is 38.1 Å². The van der Waals surface area contributed by atoms with Crippen LogP contribution in [0, 0.1) is 0 Å². The van der Waals surface area contributed by atoms with Gasteiger partial charge in [-0.15, -0.1) is 0 Å². The highest BCUT2D eigenvalue weighted by Gasteiger charge is 2.32. The van der Waals surface area contributed by atoms with E-state index in [1.807, 2.05) is 54.6 Å². The number of aromatic nitrogens is 1. The smallest absolute Gasteiger partial charge is 0.374 e. The Balaban J connectivity index is 1.23. The van der Waals surface area contributed by atoms with Gasteiger partial charge in [0.1, 0.15) is 6.54 Å². The van der Waals surface area contributed by atoms with E-state index >= 15 is 0 Å². The van der Waals surface area contributed by atoms with E-state index in [1.54, 1.807) is 24.3 Å². The van der Waals surface area contributed by atoms with Crippen LogP contribution in [0.1, 0.15) is 32.6 Å². The van der Waals surface area contributed by atoms with Crippen LogP contribution in [0.4, 0.5) is 5.69 Å². The van der Waals surface area contributed by atoms with Crippen LogP contribution in [0.5, 0.6) is 5.75 Å².